The third kappa shape index (κ3) is 1.77. The van der Waals surface area contributed by atoms with E-state index in [1.165, 1.54) is 11.3 Å². The summed E-state index contributed by atoms with van der Waals surface area (Å²) in [5.74, 6) is -0.302. The number of thiazole rings is 1. The summed E-state index contributed by atoms with van der Waals surface area (Å²) in [7, 11) is 0. The zero-order valence-electron chi connectivity index (χ0n) is 6.38. The first-order valence-electron chi connectivity index (χ1n) is 3.26. The lowest BCUT2D eigenvalue weighted by Crippen LogP contribution is -2.03. The number of ether oxygens (including phenoxy) is 1. The number of hydrogen-bond donors (Lipinski definition) is 0. The largest absolute Gasteiger partial charge is 0.462 e. The van der Waals surface area contributed by atoms with Crippen molar-refractivity contribution in [3.63, 3.8) is 0 Å². The van der Waals surface area contributed by atoms with Crippen LogP contribution in [0.4, 0.5) is 0 Å². The molecule has 59 valence electrons. The molecule has 4 heteroatoms. The topological polar surface area (TPSA) is 39.2 Å². The van der Waals surface area contributed by atoms with E-state index in [1.54, 1.807) is 13.8 Å². The fourth-order valence-corrected chi connectivity index (χ4v) is 1.26. The molecular formula is C7H8NO2S. The summed E-state index contributed by atoms with van der Waals surface area (Å²) < 4.78 is 4.78. The maximum absolute atomic E-state index is 11.1. The lowest BCUT2D eigenvalue weighted by Gasteiger charge is -1.97. The van der Waals surface area contributed by atoms with E-state index in [0.717, 1.165) is 0 Å². The molecule has 1 aromatic heterocycles. The van der Waals surface area contributed by atoms with Gasteiger partial charge in [0.15, 0.2) is 5.51 Å². The molecule has 0 amide bonds. The van der Waals surface area contributed by atoms with Crippen molar-refractivity contribution in [2.75, 3.05) is 6.61 Å². The van der Waals surface area contributed by atoms with Gasteiger partial charge >= 0.3 is 5.97 Å². The van der Waals surface area contributed by atoms with E-state index in [1.807, 2.05) is 0 Å². The van der Waals surface area contributed by atoms with Gasteiger partial charge in [-0.2, -0.15) is 0 Å². The molecule has 0 unspecified atom stereocenters. The molecule has 0 N–H and O–H groups in total. The summed E-state index contributed by atoms with van der Waals surface area (Å²) >= 11 is 1.19. The van der Waals surface area contributed by atoms with Crippen LogP contribution in [0.2, 0.25) is 0 Å². The molecule has 1 heterocycles. The Morgan fingerprint density at radius 1 is 1.82 bits per heavy atom. The maximum Gasteiger partial charge on any atom is 0.350 e. The Hall–Kier alpha value is -0.900. The number of rotatable bonds is 2. The van der Waals surface area contributed by atoms with Crippen LogP contribution in [0.1, 0.15) is 22.3 Å². The number of esters is 1. The molecule has 0 atom stereocenters. The third-order valence-electron chi connectivity index (χ3n) is 1.15. The van der Waals surface area contributed by atoms with E-state index in [0.29, 0.717) is 17.2 Å². The quantitative estimate of drug-likeness (QED) is 0.630. The van der Waals surface area contributed by atoms with Gasteiger partial charge in [0.1, 0.15) is 4.88 Å². The second-order valence-electron chi connectivity index (χ2n) is 1.94. The van der Waals surface area contributed by atoms with E-state index in [-0.39, 0.29) is 5.97 Å². The first kappa shape index (κ1) is 8.20. The van der Waals surface area contributed by atoms with Gasteiger partial charge < -0.3 is 4.74 Å². The molecule has 0 fully saturated rings. The first-order chi connectivity index (χ1) is 5.25. The molecule has 0 aromatic carbocycles. The molecular weight excluding hydrogens is 162 g/mol. The van der Waals surface area contributed by atoms with Crippen molar-refractivity contribution in [1.82, 2.24) is 4.98 Å². The van der Waals surface area contributed by atoms with E-state index >= 15 is 0 Å². The van der Waals surface area contributed by atoms with Gasteiger partial charge in [-0.25, -0.2) is 9.78 Å². The van der Waals surface area contributed by atoms with Crippen molar-refractivity contribution < 1.29 is 9.53 Å². The normalized spacial score (nSPS) is 9.64. The lowest BCUT2D eigenvalue weighted by atomic mass is 10.4. The van der Waals surface area contributed by atoms with E-state index in [2.05, 4.69) is 10.5 Å². The monoisotopic (exact) mass is 170 g/mol. The number of aromatic nitrogens is 1. The number of aryl methyl sites for hydroxylation is 1. The van der Waals surface area contributed by atoms with Gasteiger partial charge in [-0.15, -0.1) is 11.3 Å². The Morgan fingerprint density at radius 2 is 2.55 bits per heavy atom. The highest BCUT2D eigenvalue weighted by molar-refractivity contribution is 7.11. The van der Waals surface area contributed by atoms with Gasteiger partial charge in [0.05, 0.1) is 12.3 Å². The first-order valence-corrected chi connectivity index (χ1v) is 4.08. The van der Waals surface area contributed by atoms with Crippen LogP contribution in [-0.2, 0) is 4.74 Å². The summed E-state index contributed by atoms with van der Waals surface area (Å²) in [5.41, 5.74) is 3.32. The minimum Gasteiger partial charge on any atom is -0.462 e. The van der Waals surface area contributed by atoms with Crippen LogP contribution in [0.5, 0.6) is 0 Å². The van der Waals surface area contributed by atoms with Gasteiger partial charge in [-0.3, -0.25) is 0 Å². The Bertz CT molecular complexity index is 257. The van der Waals surface area contributed by atoms with Crippen LogP contribution in [0.15, 0.2) is 0 Å². The molecule has 3 nitrogen and oxygen atoms in total. The highest BCUT2D eigenvalue weighted by Gasteiger charge is 2.11. The summed E-state index contributed by atoms with van der Waals surface area (Å²) in [5, 5.41) is 0. The summed E-state index contributed by atoms with van der Waals surface area (Å²) in [6.45, 7) is 3.94. The highest BCUT2D eigenvalue weighted by atomic mass is 32.1. The van der Waals surface area contributed by atoms with Crippen molar-refractivity contribution in [3.05, 3.63) is 16.1 Å². The van der Waals surface area contributed by atoms with Crippen LogP contribution < -0.4 is 0 Å². The van der Waals surface area contributed by atoms with Crippen molar-refractivity contribution in [1.29, 1.82) is 0 Å². The molecule has 0 spiro atoms. The van der Waals surface area contributed by atoms with Gasteiger partial charge in [0, 0.05) is 0 Å². The highest BCUT2D eigenvalue weighted by Crippen LogP contribution is 2.12. The van der Waals surface area contributed by atoms with E-state index < -0.39 is 0 Å². The molecule has 0 aliphatic rings. The molecule has 0 saturated heterocycles. The Kier molecular flexibility index (Phi) is 2.59. The second-order valence-corrected chi connectivity index (χ2v) is 2.74. The minimum atomic E-state index is -0.302. The predicted molar refractivity (Wildman–Crippen MR) is 41.6 cm³/mol. The lowest BCUT2D eigenvalue weighted by molar-refractivity contribution is 0.0531. The van der Waals surface area contributed by atoms with Crippen LogP contribution >= 0.6 is 11.3 Å². The van der Waals surface area contributed by atoms with Crippen LogP contribution in [0.25, 0.3) is 0 Å². The predicted octanol–water partition coefficient (Wildman–Crippen LogP) is 1.43. The smallest absolute Gasteiger partial charge is 0.350 e. The van der Waals surface area contributed by atoms with Crippen molar-refractivity contribution in [2.24, 2.45) is 0 Å². The maximum atomic E-state index is 11.1. The molecule has 11 heavy (non-hydrogen) atoms. The molecule has 0 bridgehead atoms. The average Bonchev–Trinajstić information content (AvgIpc) is 2.36. The van der Waals surface area contributed by atoms with Crippen LogP contribution in [-0.4, -0.2) is 17.6 Å². The van der Waals surface area contributed by atoms with Gasteiger partial charge in [-0.1, -0.05) is 0 Å². The van der Waals surface area contributed by atoms with Gasteiger partial charge in [0.25, 0.3) is 0 Å². The Balaban J connectivity index is 2.76. The molecule has 1 rings (SSSR count). The van der Waals surface area contributed by atoms with Gasteiger partial charge in [0.2, 0.25) is 0 Å². The molecule has 1 radical (unpaired) electrons. The standard InChI is InChI=1S/C7H8NO2S/c1-3-10-7(9)6-5(2)8-4-11-6/h3H2,1-2H3. The fourth-order valence-electron chi connectivity index (χ4n) is 0.648. The van der Waals surface area contributed by atoms with Crippen molar-refractivity contribution in [3.8, 4) is 0 Å². The molecule has 0 saturated carbocycles. The molecule has 0 aliphatic carbocycles. The number of nitrogens with zero attached hydrogens (tertiary/aromatic N) is 1. The molecule has 1 aromatic rings. The zero-order chi connectivity index (χ0) is 8.27. The number of carbonyl (C=O) groups is 1. The van der Waals surface area contributed by atoms with Crippen LogP contribution in [0, 0.1) is 12.4 Å². The number of carbonyl (C=O) groups excluding carboxylic acids is 1. The van der Waals surface area contributed by atoms with Crippen molar-refractivity contribution in [2.45, 2.75) is 13.8 Å². The summed E-state index contributed by atoms with van der Waals surface area (Å²) in [6, 6.07) is 0. The second kappa shape index (κ2) is 3.48. The molecule has 0 aliphatic heterocycles. The SMILES string of the molecule is CCOC(=O)c1s[c]nc1C. The van der Waals surface area contributed by atoms with E-state index in [4.69, 9.17) is 4.74 Å². The Morgan fingerprint density at radius 3 is 3.00 bits per heavy atom. The number of hydrogen-bond acceptors (Lipinski definition) is 4. The summed E-state index contributed by atoms with van der Waals surface area (Å²) in [4.78, 5) is 15.4. The zero-order valence-corrected chi connectivity index (χ0v) is 7.20. The minimum absolute atomic E-state index is 0.302. The Labute approximate surface area is 69.0 Å². The third-order valence-corrected chi connectivity index (χ3v) is 2.00. The summed E-state index contributed by atoms with van der Waals surface area (Å²) in [6.07, 6.45) is 0. The van der Waals surface area contributed by atoms with Crippen LogP contribution in [0.3, 0.4) is 0 Å². The van der Waals surface area contributed by atoms with E-state index in [9.17, 15) is 4.79 Å². The van der Waals surface area contributed by atoms with Gasteiger partial charge in [-0.05, 0) is 13.8 Å². The van der Waals surface area contributed by atoms with Crippen molar-refractivity contribution >= 4 is 17.3 Å². The average molecular weight is 170 g/mol. The fraction of sp³-hybridized carbons (Fsp3) is 0.429.